The minimum absolute atomic E-state index is 0.0701. The number of carbonyl (C=O) groups is 4. The van der Waals surface area contributed by atoms with Crippen LogP contribution in [0, 0.1) is 0 Å². The molecule has 30 heavy (non-hydrogen) atoms. The molecule has 1 aliphatic heterocycles. The fourth-order valence-corrected chi connectivity index (χ4v) is 3.23. The first-order chi connectivity index (χ1) is 14.3. The number of urea groups is 1. The lowest BCUT2D eigenvalue weighted by Crippen LogP contribution is -2.37. The van der Waals surface area contributed by atoms with Crippen molar-refractivity contribution in [3.63, 3.8) is 0 Å². The van der Waals surface area contributed by atoms with E-state index < -0.39 is 18.0 Å². The molecule has 2 atom stereocenters. The highest BCUT2D eigenvalue weighted by Crippen LogP contribution is 2.25. The Labute approximate surface area is 174 Å². The number of amides is 5. The smallest absolute Gasteiger partial charge is 0.322 e. The summed E-state index contributed by atoms with van der Waals surface area (Å²) in [6.07, 6.45) is -0.0894. The van der Waals surface area contributed by atoms with Gasteiger partial charge in [-0.15, -0.1) is 0 Å². The number of nitrogens with one attached hydrogen (secondary N) is 4. The molecule has 2 unspecified atom stereocenters. The van der Waals surface area contributed by atoms with Gasteiger partial charge in [-0.1, -0.05) is 43.3 Å². The Morgan fingerprint density at radius 1 is 1.07 bits per heavy atom. The summed E-state index contributed by atoms with van der Waals surface area (Å²) in [5.41, 5.74) is 3.81. The van der Waals surface area contributed by atoms with Gasteiger partial charge >= 0.3 is 6.03 Å². The monoisotopic (exact) mass is 408 g/mol. The van der Waals surface area contributed by atoms with Crippen LogP contribution in [0.5, 0.6) is 0 Å². The summed E-state index contributed by atoms with van der Waals surface area (Å²) in [5, 5.41) is 10.1. The van der Waals surface area contributed by atoms with Gasteiger partial charge in [-0.25, -0.2) is 4.79 Å². The Morgan fingerprint density at radius 3 is 2.43 bits per heavy atom. The van der Waals surface area contributed by atoms with E-state index in [4.69, 9.17) is 0 Å². The number of hydrogen-bond acceptors (Lipinski definition) is 4. The molecule has 0 aromatic heterocycles. The van der Waals surface area contributed by atoms with Gasteiger partial charge in [-0.05, 0) is 34.7 Å². The molecule has 0 saturated carbocycles. The quantitative estimate of drug-likeness (QED) is 0.525. The first-order valence-electron chi connectivity index (χ1n) is 9.68. The summed E-state index contributed by atoms with van der Waals surface area (Å²) in [5.74, 6) is -0.827. The van der Waals surface area contributed by atoms with Crippen LogP contribution in [0.4, 0.5) is 10.5 Å². The molecule has 2 aromatic carbocycles. The second kappa shape index (κ2) is 9.21. The van der Waals surface area contributed by atoms with E-state index in [1.54, 1.807) is 0 Å². The van der Waals surface area contributed by atoms with Crippen molar-refractivity contribution in [3.8, 4) is 11.1 Å². The highest BCUT2D eigenvalue weighted by Gasteiger charge is 2.31. The van der Waals surface area contributed by atoms with E-state index in [9.17, 15) is 19.2 Å². The lowest BCUT2D eigenvalue weighted by molar-refractivity contribution is -0.126. The van der Waals surface area contributed by atoms with E-state index in [-0.39, 0.29) is 24.2 Å². The molecule has 8 heteroatoms. The Morgan fingerprint density at radius 2 is 1.80 bits per heavy atom. The number of rotatable bonds is 7. The number of hydrogen-bond donors (Lipinski definition) is 4. The highest BCUT2D eigenvalue weighted by molar-refractivity contribution is 6.05. The van der Waals surface area contributed by atoms with Crippen molar-refractivity contribution < 1.29 is 19.2 Å². The molecule has 0 aliphatic carbocycles. The minimum Gasteiger partial charge on any atom is -0.355 e. The van der Waals surface area contributed by atoms with Crippen LogP contribution in [-0.4, -0.2) is 36.3 Å². The topological polar surface area (TPSA) is 116 Å². The third-order valence-corrected chi connectivity index (χ3v) is 4.85. The van der Waals surface area contributed by atoms with Gasteiger partial charge in [0, 0.05) is 19.2 Å². The molecule has 5 amide bonds. The van der Waals surface area contributed by atoms with Gasteiger partial charge in [0.05, 0.1) is 6.42 Å². The van der Waals surface area contributed by atoms with Gasteiger partial charge in [0.1, 0.15) is 6.04 Å². The van der Waals surface area contributed by atoms with Crippen LogP contribution in [0.3, 0.4) is 0 Å². The van der Waals surface area contributed by atoms with Crippen LogP contribution in [0.25, 0.3) is 11.1 Å². The fourth-order valence-electron chi connectivity index (χ4n) is 3.23. The van der Waals surface area contributed by atoms with E-state index in [1.165, 1.54) is 6.92 Å². The maximum absolute atomic E-state index is 12.1. The van der Waals surface area contributed by atoms with Crippen molar-refractivity contribution in [1.29, 1.82) is 0 Å². The van der Waals surface area contributed by atoms with Gasteiger partial charge in [0.25, 0.3) is 5.91 Å². The molecule has 4 N–H and O–H groups in total. The zero-order chi connectivity index (χ0) is 21.7. The van der Waals surface area contributed by atoms with Crippen LogP contribution >= 0.6 is 0 Å². The second-order valence-electron chi connectivity index (χ2n) is 7.31. The molecule has 0 radical (unpaired) electrons. The van der Waals surface area contributed by atoms with Crippen LogP contribution < -0.4 is 21.3 Å². The third-order valence-electron chi connectivity index (χ3n) is 4.85. The molecule has 0 bridgehead atoms. The molecule has 1 saturated heterocycles. The highest BCUT2D eigenvalue weighted by atomic mass is 16.2. The average molecular weight is 408 g/mol. The predicted molar refractivity (Wildman–Crippen MR) is 113 cm³/mol. The van der Waals surface area contributed by atoms with Crippen molar-refractivity contribution in [2.24, 2.45) is 0 Å². The van der Waals surface area contributed by atoms with Crippen LogP contribution in [-0.2, 0) is 14.4 Å². The van der Waals surface area contributed by atoms with Gasteiger partial charge < -0.3 is 16.0 Å². The number of imide groups is 1. The van der Waals surface area contributed by atoms with Crippen molar-refractivity contribution in [2.45, 2.75) is 32.2 Å². The second-order valence-corrected chi connectivity index (χ2v) is 7.31. The Hall–Kier alpha value is -3.68. The molecule has 3 rings (SSSR count). The summed E-state index contributed by atoms with van der Waals surface area (Å²) < 4.78 is 0. The van der Waals surface area contributed by atoms with Gasteiger partial charge in [0.2, 0.25) is 11.8 Å². The van der Waals surface area contributed by atoms with E-state index in [0.717, 1.165) is 22.4 Å². The minimum atomic E-state index is -0.819. The average Bonchev–Trinajstić information content (AvgIpc) is 3.02. The molecular formula is C22H24N4O4. The number of benzene rings is 2. The van der Waals surface area contributed by atoms with Crippen LogP contribution in [0.15, 0.2) is 48.5 Å². The van der Waals surface area contributed by atoms with E-state index in [2.05, 4.69) is 21.3 Å². The van der Waals surface area contributed by atoms with E-state index >= 15 is 0 Å². The zero-order valence-corrected chi connectivity index (χ0v) is 16.8. The lowest BCUT2D eigenvalue weighted by atomic mass is 9.97. The fraction of sp³-hybridized carbons (Fsp3) is 0.273. The van der Waals surface area contributed by atoms with Crippen LogP contribution in [0.2, 0.25) is 0 Å². The molecule has 2 aromatic rings. The van der Waals surface area contributed by atoms with E-state index in [0.29, 0.717) is 6.54 Å². The van der Waals surface area contributed by atoms with Gasteiger partial charge in [0.15, 0.2) is 0 Å². The van der Waals surface area contributed by atoms with Gasteiger partial charge in [-0.3, -0.25) is 19.7 Å². The Balaban J connectivity index is 1.55. The first-order valence-corrected chi connectivity index (χ1v) is 9.68. The normalized spacial score (nSPS) is 16.4. The van der Waals surface area contributed by atoms with Crippen LogP contribution in [0.1, 0.15) is 31.7 Å². The summed E-state index contributed by atoms with van der Waals surface area (Å²) in [6.45, 7) is 3.88. The zero-order valence-electron chi connectivity index (χ0n) is 16.8. The Kier molecular flexibility index (Phi) is 6.46. The maximum atomic E-state index is 12.1. The molecule has 1 heterocycles. The molecule has 8 nitrogen and oxygen atoms in total. The van der Waals surface area contributed by atoms with Crippen molar-refractivity contribution in [2.75, 3.05) is 11.9 Å². The maximum Gasteiger partial charge on any atom is 0.322 e. The summed E-state index contributed by atoms with van der Waals surface area (Å²) in [7, 11) is 0. The molecular weight excluding hydrogens is 384 g/mol. The summed E-state index contributed by atoms with van der Waals surface area (Å²) in [4.78, 5) is 45.9. The molecule has 1 fully saturated rings. The third kappa shape index (κ3) is 5.44. The molecule has 156 valence electrons. The van der Waals surface area contributed by atoms with E-state index in [1.807, 2.05) is 55.5 Å². The van der Waals surface area contributed by atoms with Crippen molar-refractivity contribution in [3.05, 3.63) is 54.1 Å². The van der Waals surface area contributed by atoms with Gasteiger partial charge in [-0.2, -0.15) is 0 Å². The molecule has 1 aliphatic rings. The van der Waals surface area contributed by atoms with Crippen molar-refractivity contribution in [1.82, 2.24) is 16.0 Å². The standard InChI is InChI=1S/C22H24N4O4/c1-13(12-23-20(28)11-19-21(29)26-22(30)25-19)15-6-8-16(9-7-15)17-4-3-5-18(10-17)24-14(2)27/h3-10,13,19H,11-12H2,1-2H3,(H,23,28)(H,24,27)(H2,25,26,29,30). The number of carbonyl (C=O) groups excluding carboxylic acids is 4. The lowest BCUT2D eigenvalue weighted by Gasteiger charge is -2.15. The number of anilines is 1. The molecule has 0 spiro atoms. The summed E-state index contributed by atoms with van der Waals surface area (Å²) in [6, 6.07) is 14.2. The van der Waals surface area contributed by atoms with Crippen molar-refractivity contribution >= 4 is 29.4 Å². The Bertz CT molecular complexity index is 971. The summed E-state index contributed by atoms with van der Waals surface area (Å²) >= 11 is 0. The SMILES string of the molecule is CC(=O)Nc1cccc(-c2ccc(C(C)CNC(=O)CC3NC(=O)NC3=O)cc2)c1. The predicted octanol–water partition coefficient (Wildman–Crippen LogP) is 2.13. The largest absolute Gasteiger partial charge is 0.355 e. The first kappa shape index (κ1) is 21.0.